The number of halogens is 3. The van der Waals surface area contributed by atoms with E-state index < -0.39 is 23.8 Å². The fraction of sp³-hybridized carbons (Fsp3) is 0.150. The van der Waals surface area contributed by atoms with Crippen molar-refractivity contribution in [2.45, 2.75) is 12.2 Å². The molecule has 0 saturated carbocycles. The Morgan fingerprint density at radius 1 is 1.04 bits per heavy atom. The molecular weight excluding hydrogens is 343 g/mol. The third-order valence-electron chi connectivity index (χ3n) is 4.16. The van der Waals surface area contributed by atoms with Gasteiger partial charge in [-0.1, -0.05) is 48.5 Å². The van der Waals surface area contributed by atoms with Crippen LogP contribution in [0.3, 0.4) is 0 Å². The van der Waals surface area contributed by atoms with E-state index in [0.29, 0.717) is 5.56 Å². The molecule has 2 aromatic carbocycles. The zero-order chi connectivity index (χ0) is 18.7. The molecule has 0 amide bonds. The molecule has 0 fully saturated rings. The van der Waals surface area contributed by atoms with Crippen LogP contribution < -0.4 is 0 Å². The fourth-order valence-corrected chi connectivity index (χ4v) is 3.03. The topological polar surface area (TPSA) is 40.5 Å². The maximum absolute atomic E-state index is 12.8. The standard InChI is InChI=1S/C20H16F3NO2/c21-20(22,23)16-10-8-14(9-11-16)17-7-4-12-24(13-18(25)26)19(17)15-5-2-1-3-6-15/h1-12,19H,13H2,(H,25,26). The van der Waals surface area contributed by atoms with Gasteiger partial charge < -0.3 is 10.0 Å². The molecule has 6 heteroatoms. The molecule has 1 N–H and O–H groups in total. The summed E-state index contributed by atoms with van der Waals surface area (Å²) in [5.41, 5.74) is 1.51. The van der Waals surface area contributed by atoms with Crippen molar-refractivity contribution >= 4 is 11.5 Å². The molecule has 0 aromatic heterocycles. The van der Waals surface area contributed by atoms with Crippen molar-refractivity contribution in [2.24, 2.45) is 0 Å². The maximum Gasteiger partial charge on any atom is 0.416 e. The van der Waals surface area contributed by atoms with Gasteiger partial charge in [-0.25, -0.2) is 0 Å². The van der Waals surface area contributed by atoms with Crippen molar-refractivity contribution in [3.63, 3.8) is 0 Å². The first kappa shape index (κ1) is 17.8. The van der Waals surface area contributed by atoms with Crippen LogP contribution in [0.5, 0.6) is 0 Å². The summed E-state index contributed by atoms with van der Waals surface area (Å²) in [6.07, 6.45) is 0.793. The van der Waals surface area contributed by atoms with Crippen LogP contribution in [-0.4, -0.2) is 22.5 Å². The first-order valence-corrected chi connectivity index (χ1v) is 7.95. The Bertz CT molecular complexity index is 840. The normalized spacial score (nSPS) is 17.1. The van der Waals surface area contributed by atoms with E-state index in [1.807, 2.05) is 30.3 Å². The molecule has 1 heterocycles. The highest BCUT2D eigenvalue weighted by Crippen LogP contribution is 2.38. The SMILES string of the molecule is O=C(O)CN1C=CC=C(c2ccc(C(F)(F)F)cc2)C1c1ccccc1. The molecule has 0 aliphatic carbocycles. The number of nitrogens with zero attached hydrogens (tertiary/aromatic N) is 1. The average molecular weight is 359 g/mol. The number of hydrogen-bond donors (Lipinski definition) is 1. The number of aliphatic carboxylic acids is 1. The molecule has 0 spiro atoms. The lowest BCUT2D eigenvalue weighted by Gasteiger charge is -2.34. The van der Waals surface area contributed by atoms with Crippen molar-refractivity contribution < 1.29 is 23.1 Å². The second kappa shape index (κ2) is 7.07. The van der Waals surface area contributed by atoms with E-state index in [-0.39, 0.29) is 6.54 Å². The molecule has 134 valence electrons. The lowest BCUT2D eigenvalue weighted by molar-refractivity contribution is -0.138. The summed E-state index contributed by atoms with van der Waals surface area (Å²) in [5, 5.41) is 9.19. The zero-order valence-corrected chi connectivity index (χ0v) is 13.6. The second-order valence-corrected chi connectivity index (χ2v) is 5.92. The van der Waals surface area contributed by atoms with E-state index in [2.05, 4.69) is 0 Å². The summed E-state index contributed by atoms with van der Waals surface area (Å²) in [6, 6.07) is 13.8. The van der Waals surface area contributed by atoms with Crippen molar-refractivity contribution in [3.05, 3.63) is 89.6 Å². The molecule has 0 radical (unpaired) electrons. The quantitative estimate of drug-likeness (QED) is 0.857. The highest BCUT2D eigenvalue weighted by Gasteiger charge is 2.31. The predicted octanol–water partition coefficient (Wildman–Crippen LogP) is 4.74. The molecule has 1 aliphatic heterocycles. The molecule has 3 rings (SSSR count). The van der Waals surface area contributed by atoms with E-state index in [9.17, 15) is 23.1 Å². The molecule has 2 aromatic rings. The molecular formula is C20H16F3NO2. The first-order chi connectivity index (χ1) is 12.4. The highest BCUT2D eigenvalue weighted by molar-refractivity contribution is 5.76. The smallest absolute Gasteiger partial charge is 0.416 e. The molecule has 26 heavy (non-hydrogen) atoms. The van der Waals surface area contributed by atoms with Crippen LogP contribution in [0.4, 0.5) is 13.2 Å². The van der Waals surface area contributed by atoms with Gasteiger partial charge in [0.25, 0.3) is 0 Å². The van der Waals surface area contributed by atoms with Crippen LogP contribution in [0.2, 0.25) is 0 Å². The van der Waals surface area contributed by atoms with Crippen molar-refractivity contribution in [2.75, 3.05) is 6.54 Å². The highest BCUT2D eigenvalue weighted by atomic mass is 19.4. The van der Waals surface area contributed by atoms with Gasteiger partial charge in [0.1, 0.15) is 6.54 Å². The third kappa shape index (κ3) is 3.79. The van der Waals surface area contributed by atoms with Gasteiger partial charge in [-0.2, -0.15) is 13.2 Å². The van der Waals surface area contributed by atoms with Gasteiger partial charge in [-0.05, 0) is 34.9 Å². The molecule has 3 nitrogen and oxygen atoms in total. The first-order valence-electron chi connectivity index (χ1n) is 7.95. The van der Waals surface area contributed by atoms with Gasteiger partial charge in [0.15, 0.2) is 0 Å². The number of hydrogen-bond acceptors (Lipinski definition) is 2. The largest absolute Gasteiger partial charge is 0.480 e. The van der Waals surface area contributed by atoms with E-state index in [1.54, 1.807) is 23.3 Å². The summed E-state index contributed by atoms with van der Waals surface area (Å²) >= 11 is 0. The summed E-state index contributed by atoms with van der Waals surface area (Å²) in [5.74, 6) is -0.982. The molecule has 1 atom stereocenters. The average Bonchev–Trinajstić information content (AvgIpc) is 2.61. The Hall–Kier alpha value is -3.02. The van der Waals surface area contributed by atoms with Crippen LogP contribution in [-0.2, 0) is 11.0 Å². The van der Waals surface area contributed by atoms with Crippen molar-refractivity contribution in [1.29, 1.82) is 0 Å². The number of carboxylic acids is 1. The second-order valence-electron chi connectivity index (χ2n) is 5.92. The minimum absolute atomic E-state index is 0.214. The lowest BCUT2D eigenvalue weighted by atomic mass is 9.89. The predicted molar refractivity (Wildman–Crippen MR) is 92.1 cm³/mol. The Balaban J connectivity index is 2.01. The number of rotatable bonds is 4. The van der Waals surface area contributed by atoms with Gasteiger partial charge in [0, 0.05) is 6.20 Å². The molecule has 1 aliphatic rings. The molecule has 1 unspecified atom stereocenters. The van der Waals surface area contributed by atoms with Gasteiger partial charge in [0.2, 0.25) is 0 Å². The van der Waals surface area contributed by atoms with Crippen LogP contribution in [0.1, 0.15) is 22.7 Å². The van der Waals surface area contributed by atoms with E-state index >= 15 is 0 Å². The number of carbonyl (C=O) groups is 1. The Kier molecular flexibility index (Phi) is 4.84. The summed E-state index contributed by atoms with van der Waals surface area (Å²) in [4.78, 5) is 12.9. The number of alkyl halides is 3. The summed E-state index contributed by atoms with van der Waals surface area (Å²) < 4.78 is 38.4. The Morgan fingerprint density at radius 2 is 1.69 bits per heavy atom. The fourth-order valence-electron chi connectivity index (χ4n) is 3.03. The minimum Gasteiger partial charge on any atom is -0.480 e. The summed E-state index contributed by atoms with van der Waals surface area (Å²) in [7, 11) is 0. The lowest BCUT2D eigenvalue weighted by Crippen LogP contribution is -2.31. The van der Waals surface area contributed by atoms with Gasteiger partial charge in [0.05, 0.1) is 11.6 Å². The number of carboxylic acid groups (broad SMARTS) is 1. The maximum atomic E-state index is 12.8. The molecule has 0 saturated heterocycles. The summed E-state index contributed by atoms with van der Waals surface area (Å²) in [6.45, 7) is -0.214. The Morgan fingerprint density at radius 3 is 2.27 bits per heavy atom. The minimum atomic E-state index is -4.40. The number of allylic oxidation sites excluding steroid dienone is 2. The van der Waals surface area contributed by atoms with Crippen molar-refractivity contribution in [1.82, 2.24) is 4.90 Å². The van der Waals surface area contributed by atoms with E-state index in [4.69, 9.17) is 0 Å². The number of benzene rings is 2. The zero-order valence-electron chi connectivity index (χ0n) is 13.6. The third-order valence-corrected chi connectivity index (χ3v) is 4.16. The van der Waals surface area contributed by atoms with Gasteiger partial charge in [-0.15, -0.1) is 0 Å². The van der Waals surface area contributed by atoms with Gasteiger partial charge in [-0.3, -0.25) is 4.79 Å². The van der Waals surface area contributed by atoms with Crippen LogP contribution in [0, 0.1) is 0 Å². The Labute approximate surface area is 148 Å². The van der Waals surface area contributed by atoms with Gasteiger partial charge >= 0.3 is 12.1 Å². The van der Waals surface area contributed by atoms with E-state index in [1.165, 1.54) is 12.1 Å². The van der Waals surface area contributed by atoms with Crippen LogP contribution in [0.25, 0.3) is 5.57 Å². The van der Waals surface area contributed by atoms with Crippen LogP contribution >= 0.6 is 0 Å². The monoisotopic (exact) mass is 359 g/mol. The van der Waals surface area contributed by atoms with Crippen molar-refractivity contribution in [3.8, 4) is 0 Å². The van der Waals surface area contributed by atoms with E-state index in [0.717, 1.165) is 23.3 Å². The molecule has 0 bridgehead atoms. The van der Waals surface area contributed by atoms with Crippen LogP contribution in [0.15, 0.2) is 72.9 Å².